The molecule has 0 amide bonds. The summed E-state index contributed by atoms with van der Waals surface area (Å²) in [7, 11) is 0. The molecule has 4 heteroatoms. The number of rotatable bonds is 2. The second kappa shape index (κ2) is 4.82. The van der Waals surface area contributed by atoms with Crippen molar-refractivity contribution in [2.75, 3.05) is 0 Å². The Bertz CT molecular complexity index is 546. The third kappa shape index (κ3) is 2.29. The summed E-state index contributed by atoms with van der Waals surface area (Å²) in [5.41, 5.74) is 1.74. The molecule has 0 aliphatic carbocycles. The van der Waals surface area contributed by atoms with E-state index in [4.69, 9.17) is 0 Å². The van der Waals surface area contributed by atoms with Crippen molar-refractivity contribution in [3.8, 4) is 0 Å². The summed E-state index contributed by atoms with van der Waals surface area (Å²) >= 11 is 8.23. The van der Waals surface area contributed by atoms with Crippen LogP contribution in [0.2, 0.25) is 0 Å². The van der Waals surface area contributed by atoms with Gasteiger partial charge in [0.25, 0.3) is 0 Å². The number of ketones is 1. The van der Waals surface area contributed by atoms with E-state index in [-0.39, 0.29) is 5.78 Å². The van der Waals surface area contributed by atoms with E-state index < -0.39 is 0 Å². The Morgan fingerprint density at radius 2 is 2.00 bits per heavy atom. The van der Waals surface area contributed by atoms with E-state index in [0.717, 1.165) is 24.9 Å². The summed E-state index contributed by atoms with van der Waals surface area (Å²) in [5, 5.41) is 1.91. The van der Waals surface area contributed by atoms with E-state index in [1.165, 1.54) is 11.3 Å². The Hall–Kier alpha value is -0.450. The molecule has 2 rings (SSSR count). The van der Waals surface area contributed by atoms with Gasteiger partial charge in [0.1, 0.15) is 0 Å². The molecule has 0 fully saturated rings. The zero-order valence-corrected chi connectivity index (χ0v) is 12.4. The first kappa shape index (κ1) is 12.0. The zero-order valence-electron chi connectivity index (χ0n) is 8.46. The van der Waals surface area contributed by atoms with E-state index in [2.05, 4.69) is 31.9 Å². The maximum atomic E-state index is 12.2. The van der Waals surface area contributed by atoms with Crippen molar-refractivity contribution in [2.45, 2.75) is 6.92 Å². The third-order valence-electron chi connectivity index (χ3n) is 2.26. The molecule has 2 aromatic rings. The maximum absolute atomic E-state index is 12.2. The van der Waals surface area contributed by atoms with Gasteiger partial charge in [-0.05, 0) is 58.1 Å². The molecule has 82 valence electrons. The normalized spacial score (nSPS) is 10.4. The molecule has 0 aliphatic heterocycles. The lowest BCUT2D eigenvalue weighted by Crippen LogP contribution is -2.01. The Morgan fingerprint density at radius 3 is 2.56 bits per heavy atom. The smallest absolute Gasteiger partial charge is 0.204 e. The van der Waals surface area contributed by atoms with E-state index >= 15 is 0 Å². The number of carbonyl (C=O) groups is 1. The van der Waals surface area contributed by atoms with Crippen LogP contribution in [0.5, 0.6) is 0 Å². The zero-order chi connectivity index (χ0) is 11.7. The van der Waals surface area contributed by atoms with E-state index in [0.29, 0.717) is 0 Å². The van der Waals surface area contributed by atoms with Crippen LogP contribution in [-0.4, -0.2) is 5.78 Å². The molecular formula is C12H8Br2OS. The Labute approximate surface area is 115 Å². The highest BCUT2D eigenvalue weighted by molar-refractivity contribution is 9.10. The maximum Gasteiger partial charge on any atom is 0.204 e. The summed E-state index contributed by atoms with van der Waals surface area (Å²) in [6, 6.07) is 7.59. The summed E-state index contributed by atoms with van der Waals surface area (Å²) in [5.74, 6) is 0.0758. The van der Waals surface area contributed by atoms with Crippen LogP contribution in [0.1, 0.15) is 20.8 Å². The molecular weight excluding hydrogens is 352 g/mol. The van der Waals surface area contributed by atoms with Crippen LogP contribution in [0.3, 0.4) is 0 Å². The number of carbonyl (C=O) groups excluding carboxylic acids is 1. The van der Waals surface area contributed by atoms with Crippen LogP contribution in [0.25, 0.3) is 0 Å². The summed E-state index contributed by atoms with van der Waals surface area (Å²) in [6.45, 7) is 1.94. The molecule has 0 radical (unpaired) electrons. The summed E-state index contributed by atoms with van der Waals surface area (Å²) < 4.78 is 1.86. The quantitative estimate of drug-likeness (QED) is 0.703. The van der Waals surface area contributed by atoms with Crippen molar-refractivity contribution in [1.29, 1.82) is 0 Å². The third-order valence-corrected chi connectivity index (χ3v) is 4.59. The molecule has 0 N–H and O–H groups in total. The molecule has 0 saturated carbocycles. The monoisotopic (exact) mass is 358 g/mol. The van der Waals surface area contributed by atoms with Gasteiger partial charge in [-0.2, -0.15) is 0 Å². The molecule has 0 aliphatic rings. The van der Waals surface area contributed by atoms with E-state index in [9.17, 15) is 4.79 Å². The predicted octanol–water partition coefficient (Wildman–Crippen LogP) is 4.81. The van der Waals surface area contributed by atoms with Gasteiger partial charge >= 0.3 is 0 Å². The first-order valence-electron chi connectivity index (χ1n) is 4.63. The van der Waals surface area contributed by atoms with Crippen LogP contribution in [0.15, 0.2) is 38.6 Å². The fourth-order valence-corrected chi connectivity index (χ4v) is 3.44. The number of halogens is 2. The molecule has 16 heavy (non-hydrogen) atoms. The van der Waals surface area contributed by atoms with Crippen molar-refractivity contribution in [3.05, 3.63) is 54.6 Å². The van der Waals surface area contributed by atoms with Crippen molar-refractivity contribution in [2.24, 2.45) is 0 Å². The Kier molecular flexibility index (Phi) is 3.62. The highest BCUT2D eigenvalue weighted by Crippen LogP contribution is 2.27. The average Bonchev–Trinajstić information content (AvgIpc) is 2.63. The highest BCUT2D eigenvalue weighted by Gasteiger charge is 2.15. The van der Waals surface area contributed by atoms with Gasteiger partial charge in [0, 0.05) is 14.5 Å². The lowest BCUT2D eigenvalue weighted by atomic mass is 10.0. The van der Waals surface area contributed by atoms with Crippen molar-refractivity contribution in [1.82, 2.24) is 0 Å². The molecule has 0 unspecified atom stereocenters. The molecule has 0 saturated heterocycles. The molecule has 0 spiro atoms. The lowest BCUT2D eigenvalue weighted by molar-refractivity contribution is 0.104. The van der Waals surface area contributed by atoms with Gasteiger partial charge in [0.2, 0.25) is 5.78 Å². The second-order valence-corrected chi connectivity index (χ2v) is 6.07. The minimum atomic E-state index is 0.0758. The van der Waals surface area contributed by atoms with Crippen LogP contribution in [0.4, 0.5) is 0 Å². The van der Waals surface area contributed by atoms with Crippen LogP contribution in [-0.2, 0) is 0 Å². The molecule has 0 atom stereocenters. The summed E-state index contributed by atoms with van der Waals surface area (Å²) in [4.78, 5) is 13.0. The van der Waals surface area contributed by atoms with Gasteiger partial charge in [-0.25, -0.2) is 0 Å². The molecule has 1 nitrogen and oxygen atoms in total. The number of aryl methyl sites for hydroxylation is 1. The first-order valence-corrected chi connectivity index (χ1v) is 7.10. The fourth-order valence-electron chi connectivity index (χ4n) is 1.46. The van der Waals surface area contributed by atoms with Crippen LogP contribution < -0.4 is 0 Å². The SMILES string of the molecule is Cc1cc(Br)ccc1C(=O)c1sccc1Br. The van der Waals surface area contributed by atoms with Gasteiger partial charge in [-0.3, -0.25) is 4.79 Å². The molecule has 1 heterocycles. The Morgan fingerprint density at radius 1 is 1.25 bits per heavy atom. The minimum absolute atomic E-state index is 0.0758. The van der Waals surface area contributed by atoms with Crippen molar-refractivity contribution < 1.29 is 4.79 Å². The number of hydrogen-bond donors (Lipinski definition) is 0. The number of benzene rings is 1. The highest BCUT2D eigenvalue weighted by atomic mass is 79.9. The number of thiophene rings is 1. The largest absolute Gasteiger partial charge is 0.288 e. The molecule has 1 aromatic carbocycles. The lowest BCUT2D eigenvalue weighted by Gasteiger charge is -2.04. The van der Waals surface area contributed by atoms with Gasteiger partial charge in [-0.1, -0.05) is 15.9 Å². The first-order chi connectivity index (χ1) is 7.59. The fraction of sp³-hybridized carbons (Fsp3) is 0.0833. The van der Waals surface area contributed by atoms with Crippen molar-refractivity contribution in [3.63, 3.8) is 0 Å². The molecule has 1 aromatic heterocycles. The predicted molar refractivity (Wildman–Crippen MR) is 74.3 cm³/mol. The van der Waals surface area contributed by atoms with E-state index in [1.807, 2.05) is 36.6 Å². The van der Waals surface area contributed by atoms with E-state index in [1.54, 1.807) is 0 Å². The van der Waals surface area contributed by atoms with Gasteiger partial charge in [0.15, 0.2) is 0 Å². The second-order valence-electron chi connectivity index (χ2n) is 3.39. The summed E-state index contributed by atoms with van der Waals surface area (Å²) in [6.07, 6.45) is 0. The van der Waals surface area contributed by atoms with Gasteiger partial charge in [0.05, 0.1) is 4.88 Å². The Balaban J connectivity index is 2.46. The molecule has 0 bridgehead atoms. The van der Waals surface area contributed by atoms with Crippen molar-refractivity contribution >= 4 is 49.0 Å². The standard InChI is InChI=1S/C12H8Br2OS/c1-7-6-8(13)2-3-9(7)11(15)12-10(14)4-5-16-12/h2-6H,1H3. The topological polar surface area (TPSA) is 17.1 Å². The van der Waals surface area contributed by atoms with Gasteiger partial charge in [-0.15, -0.1) is 11.3 Å². The van der Waals surface area contributed by atoms with Crippen LogP contribution in [0, 0.1) is 6.92 Å². The minimum Gasteiger partial charge on any atom is -0.288 e. The number of hydrogen-bond acceptors (Lipinski definition) is 2. The van der Waals surface area contributed by atoms with Gasteiger partial charge < -0.3 is 0 Å². The van der Waals surface area contributed by atoms with Crippen LogP contribution >= 0.6 is 43.2 Å². The average molecular weight is 360 g/mol.